The second-order valence-corrected chi connectivity index (χ2v) is 9.48. The first-order chi connectivity index (χ1) is 9.49. The third-order valence-electron chi connectivity index (χ3n) is 3.71. The second-order valence-electron chi connectivity index (χ2n) is 6.83. The van der Waals surface area contributed by atoms with Crippen molar-refractivity contribution in [2.75, 3.05) is 19.8 Å². The second kappa shape index (κ2) is 8.61. The Morgan fingerprint density at radius 1 is 1.19 bits per heavy atom. The molecule has 0 aromatic heterocycles. The third kappa shape index (κ3) is 8.29. The number of sulfone groups is 1. The molecule has 0 saturated heterocycles. The van der Waals surface area contributed by atoms with Gasteiger partial charge in [-0.3, -0.25) is 4.99 Å². The SMILES string of the molecule is CN=C(NCC(C)(C)S(C)(=O)=O)NC(C)CCCC(C)C. The van der Waals surface area contributed by atoms with Crippen LogP contribution in [0.1, 0.15) is 53.9 Å². The van der Waals surface area contributed by atoms with Crippen molar-refractivity contribution in [1.29, 1.82) is 0 Å². The van der Waals surface area contributed by atoms with Crippen molar-refractivity contribution in [1.82, 2.24) is 10.6 Å². The highest BCUT2D eigenvalue weighted by atomic mass is 32.2. The van der Waals surface area contributed by atoms with Crippen LogP contribution in [0, 0.1) is 5.92 Å². The van der Waals surface area contributed by atoms with Gasteiger partial charge in [0.1, 0.15) is 0 Å². The Bertz CT molecular complexity index is 428. The fourth-order valence-electron chi connectivity index (χ4n) is 1.76. The number of nitrogens with one attached hydrogen (secondary N) is 2. The molecule has 0 rings (SSSR count). The Kier molecular flexibility index (Phi) is 8.29. The van der Waals surface area contributed by atoms with E-state index in [0.29, 0.717) is 18.5 Å². The first-order valence-electron chi connectivity index (χ1n) is 7.66. The monoisotopic (exact) mass is 319 g/mol. The molecule has 0 spiro atoms. The van der Waals surface area contributed by atoms with E-state index in [0.717, 1.165) is 12.3 Å². The maximum absolute atomic E-state index is 11.7. The molecule has 5 nitrogen and oxygen atoms in total. The zero-order valence-electron chi connectivity index (χ0n) is 14.7. The van der Waals surface area contributed by atoms with Crippen molar-refractivity contribution in [3.63, 3.8) is 0 Å². The summed E-state index contributed by atoms with van der Waals surface area (Å²) in [4.78, 5) is 4.16. The van der Waals surface area contributed by atoms with Gasteiger partial charge in [0.25, 0.3) is 0 Å². The number of hydrogen-bond donors (Lipinski definition) is 2. The highest BCUT2D eigenvalue weighted by Gasteiger charge is 2.30. The van der Waals surface area contributed by atoms with Gasteiger partial charge in [-0.15, -0.1) is 0 Å². The summed E-state index contributed by atoms with van der Waals surface area (Å²) < 4.78 is 22.5. The first-order valence-corrected chi connectivity index (χ1v) is 9.55. The summed E-state index contributed by atoms with van der Waals surface area (Å²) >= 11 is 0. The molecule has 0 aliphatic heterocycles. The van der Waals surface area contributed by atoms with Crippen molar-refractivity contribution >= 4 is 15.8 Å². The van der Waals surface area contributed by atoms with Crippen LogP contribution in [0.25, 0.3) is 0 Å². The molecule has 0 radical (unpaired) electrons. The topological polar surface area (TPSA) is 70.6 Å². The fourth-order valence-corrected chi connectivity index (χ4v) is 2.09. The molecule has 0 fully saturated rings. The highest BCUT2D eigenvalue weighted by molar-refractivity contribution is 7.92. The summed E-state index contributed by atoms with van der Waals surface area (Å²) in [5.74, 6) is 1.38. The molecule has 1 unspecified atom stereocenters. The van der Waals surface area contributed by atoms with Gasteiger partial charge in [0, 0.05) is 25.9 Å². The molecule has 126 valence electrons. The van der Waals surface area contributed by atoms with E-state index < -0.39 is 14.6 Å². The quantitative estimate of drug-likeness (QED) is 0.531. The largest absolute Gasteiger partial charge is 0.355 e. The summed E-state index contributed by atoms with van der Waals surface area (Å²) in [6.07, 6.45) is 4.74. The number of rotatable bonds is 8. The third-order valence-corrected chi connectivity index (χ3v) is 5.86. The molecule has 2 N–H and O–H groups in total. The van der Waals surface area contributed by atoms with E-state index in [2.05, 4.69) is 36.4 Å². The van der Waals surface area contributed by atoms with Crippen molar-refractivity contribution in [3.05, 3.63) is 0 Å². The molecule has 1 atom stereocenters. The lowest BCUT2D eigenvalue weighted by Crippen LogP contribution is -2.49. The minimum atomic E-state index is -3.10. The predicted molar refractivity (Wildman–Crippen MR) is 91.6 cm³/mol. The number of nitrogens with zero attached hydrogens (tertiary/aromatic N) is 1. The minimum Gasteiger partial charge on any atom is -0.355 e. The van der Waals surface area contributed by atoms with Crippen LogP contribution in [0.4, 0.5) is 0 Å². The molecule has 0 heterocycles. The van der Waals surface area contributed by atoms with Crippen LogP contribution in [0.15, 0.2) is 4.99 Å². The summed E-state index contributed by atoms with van der Waals surface area (Å²) in [6.45, 7) is 10.3. The van der Waals surface area contributed by atoms with Gasteiger partial charge in [-0.05, 0) is 33.1 Å². The Labute approximate surface area is 130 Å². The van der Waals surface area contributed by atoms with Crippen LogP contribution in [-0.4, -0.2) is 45.0 Å². The van der Waals surface area contributed by atoms with Gasteiger partial charge in [0.05, 0.1) is 4.75 Å². The minimum absolute atomic E-state index is 0.316. The Morgan fingerprint density at radius 3 is 2.19 bits per heavy atom. The summed E-state index contributed by atoms with van der Waals surface area (Å²) in [7, 11) is -1.41. The predicted octanol–water partition coefficient (Wildman–Crippen LogP) is 2.19. The lowest BCUT2D eigenvalue weighted by atomic mass is 10.0. The van der Waals surface area contributed by atoms with Gasteiger partial charge < -0.3 is 10.6 Å². The van der Waals surface area contributed by atoms with Gasteiger partial charge in [0.2, 0.25) is 0 Å². The molecule has 0 aromatic rings. The van der Waals surface area contributed by atoms with Gasteiger partial charge in [-0.1, -0.05) is 26.7 Å². The van der Waals surface area contributed by atoms with E-state index in [4.69, 9.17) is 0 Å². The lowest BCUT2D eigenvalue weighted by Gasteiger charge is -2.25. The van der Waals surface area contributed by atoms with Crippen LogP contribution in [-0.2, 0) is 9.84 Å². The number of aliphatic imine (C=N–C) groups is 1. The lowest BCUT2D eigenvalue weighted by molar-refractivity contribution is 0.489. The van der Waals surface area contributed by atoms with Gasteiger partial charge in [-0.2, -0.15) is 0 Å². The summed E-state index contributed by atoms with van der Waals surface area (Å²) in [6, 6.07) is 0.316. The van der Waals surface area contributed by atoms with Crippen molar-refractivity contribution in [3.8, 4) is 0 Å². The summed E-state index contributed by atoms with van der Waals surface area (Å²) in [5, 5.41) is 6.41. The molecule has 0 aliphatic rings. The van der Waals surface area contributed by atoms with E-state index in [9.17, 15) is 8.42 Å². The molecule has 0 aliphatic carbocycles. The van der Waals surface area contributed by atoms with Gasteiger partial charge >= 0.3 is 0 Å². The molecule has 0 aromatic carbocycles. The first kappa shape index (κ1) is 20.2. The normalized spacial score (nSPS) is 15.1. The van der Waals surface area contributed by atoms with Gasteiger partial charge in [0.15, 0.2) is 15.8 Å². The van der Waals surface area contributed by atoms with Crippen LogP contribution < -0.4 is 10.6 Å². The van der Waals surface area contributed by atoms with Crippen LogP contribution in [0.5, 0.6) is 0 Å². The molecular weight excluding hydrogens is 286 g/mol. The Morgan fingerprint density at radius 2 is 1.76 bits per heavy atom. The zero-order chi connectivity index (χ0) is 16.7. The summed E-state index contributed by atoms with van der Waals surface area (Å²) in [5.41, 5.74) is 0. The maximum atomic E-state index is 11.7. The average Bonchev–Trinajstić information content (AvgIpc) is 2.32. The smallest absolute Gasteiger partial charge is 0.191 e. The zero-order valence-corrected chi connectivity index (χ0v) is 15.5. The molecule has 6 heteroatoms. The van der Waals surface area contributed by atoms with Crippen LogP contribution >= 0.6 is 0 Å². The fraction of sp³-hybridized carbons (Fsp3) is 0.933. The Balaban J connectivity index is 4.30. The molecule has 0 saturated carbocycles. The number of hydrogen-bond acceptors (Lipinski definition) is 3. The molecule has 0 bridgehead atoms. The van der Waals surface area contributed by atoms with E-state index >= 15 is 0 Å². The Hall–Kier alpha value is -0.780. The van der Waals surface area contributed by atoms with Crippen LogP contribution in [0.3, 0.4) is 0 Å². The van der Waals surface area contributed by atoms with E-state index in [1.54, 1.807) is 20.9 Å². The van der Waals surface area contributed by atoms with Crippen molar-refractivity contribution in [2.24, 2.45) is 10.9 Å². The average molecular weight is 320 g/mol. The molecule has 21 heavy (non-hydrogen) atoms. The number of guanidine groups is 1. The highest BCUT2D eigenvalue weighted by Crippen LogP contribution is 2.13. The van der Waals surface area contributed by atoms with E-state index in [-0.39, 0.29) is 0 Å². The van der Waals surface area contributed by atoms with Crippen molar-refractivity contribution in [2.45, 2.75) is 64.7 Å². The maximum Gasteiger partial charge on any atom is 0.191 e. The van der Waals surface area contributed by atoms with E-state index in [1.165, 1.54) is 19.1 Å². The molecule has 0 amide bonds. The van der Waals surface area contributed by atoms with Crippen molar-refractivity contribution < 1.29 is 8.42 Å². The standard InChI is InChI=1S/C15H33N3O2S/c1-12(2)9-8-10-13(3)18-14(16-6)17-11-15(4,5)21(7,19)20/h12-13H,8-11H2,1-7H3,(H2,16,17,18). The molecular formula is C15H33N3O2S. The van der Waals surface area contributed by atoms with Crippen LogP contribution in [0.2, 0.25) is 0 Å². The van der Waals surface area contributed by atoms with Gasteiger partial charge in [-0.25, -0.2) is 8.42 Å². The van der Waals surface area contributed by atoms with E-state index in [1.807, 2.05) is 0 Å².